The molecule has 2 rings (SSSR count). The van der Waals surface area contributed by atoms with Gasteiger partial charge >= 0.3 is 0 Å². The van der Waals surface area contributed by atoms with Crippen molar-refractivity contribution in [3.8, 4) is 0 Å². The van der Waals surface area contributed by atoms with E-state index >= 15 is 0 Å². The van der Waals surface area contributed by atoms with Crippen molar-refractivity contribution < 1.29 is 0 Å². The van der Waals surface area contributed by atoms with Gasteiger partial charge in [-0.3, -0.25) is 0 Å². The van der Waals surface area contributed by atoms with E-state index in [-0.39, 0.29) is 0 Å². The molecule has 66 valence electrons. The summed E-state index contributed by atoms with van der Waals surface area (Å²) in [6, 6.07) is 0.591. The molecule has 1 fully saturated rings. The minimum absolute atomic E-state index is 0.591. The zero-order valence-electron chi connectivity index (χ0n) is 7.06. The summed E-state index contributed by atoms with van der Waals surface area (Å²) in [6.07, 6.45) is 7.25. The molecular weight excluding hydrogens is 152 g/mol. The van der Waals surface area contributed by atoms with Crippen LogP contribution in [-0.4, -0.2) is 21.3 Å². The molecule has 1 aromatic rings. The molecule has 1 heterocycles. The van der Waals surface area contributed by atoms with E-state index in [2.05, 4.69) is 14.8 Å². The van der Waals surface area contributed by atoms with Gasteiger partial charge in [0.1, 0.15) is 12.7 Å². The van der Waals surface area contributed by atoms with Crippen LogP contribution in [0.5, 0.6) is 0 Å². The number of nitrogens with zero attached hydrogens (tertiary/aromatic N) is 3. The molecule has 0 saturated heterocycles. The highest BCUT2D eigenvalue weighted by atomic mass is 15.2. The summed E-state index contributed by atoms with van der Waals surface area (Å²) in [5.41, 5.74) is 5.61. The number of rotatable bonds is 2. The van der Waals surface area contributed by atoms with Gasteiger partial charge in [0.15, 0.2) is 0 Å². The second-order valence-corrected chi connectivity index (χ2v) is 3.48. The third-order valence-electron chi connectivity index (χ3n) is 2.71. The maximum Gasteiger partial charge on any atom is 0.119 e. The Labute approximate surface area is 71.8 Å². The van der Waals surface area contributed by atoms with Crippen molar-refractivity contribution in [2.24, 2.45) is 11.7 Å². The summed E-state index contributed by atoms with van der Waals surface area (Å²) in [7, 11) is 0. The summed E-state index contributed by atoms with van der Waals surface area (Å²) >= 11 is 0. The van der Waals surface area contributed by atoms with Crippen molar-refractivity contribution in [1.82, 2.24) is 14.8 Å². The molecule has 2 atom stereocenters. The summed E-state index contributed by atoms with van der Waals surface area (Å²) < 4.78 is 2.09. The maximum absolute atomic E-state index is 5.61. The van der Waals surface area contributed by atoms with Gasteiger partial charge in [-0.15, -0.1) is 10.2 Å². The van der Waals surface area contributed by atoms with Crippen LogP contribution in [-0.2, 0) is 0 Å². The molecule has 12 heavy (non-hydrogen) atoms. The second-order valence-electron chi connectivity index (χ2n) is 3.48. The Morgan fingerprint density at radius 2 is 2.08 bits per heavy atom. The van der Waals surface area contributed by atoms with Gasteiger partial charge in [-0.25, -0.2) is 0 Å². The Balaban J connectivity index is 2.00. The molecule has 0 aromatic carbocycles. The standard InChI is InChI=1S/C8H14N4/c9-4-7-1-2-8(3-7)12-5-10-11-6-12/h5-8H,1-4,9H2. The zero-order chi connectivity index (χ0) is 8.39. The van der Waals surface area contributed by atoms with Gasteiger partial charge in [-0.05, 0) is 31.7 Å². The van der Waals surface area contributed by atoms with Crippen LogP contribution in [0.4, 0.5) is 0 Å². The Morgan fingerprint density at radius 1 is 1.33 bits per heavy atom. The quantitative estimate of drug-likeness (QED) is 0.699. The summed E-state index contributed by atoms with van der Waals surface area (Å²) in [5, 5.41) is 7.60. The molecule has 0 amide bonds. The first-order chi connectivity index (χ1) is 5.90. The van der Waals surface area contributed by atoms with Crippen LogP contribution in [0, 0.1) is 5.92 Å². The first-order valence-corrected chi connectivity index (χ1v) is 4.44. The Kier molecular flexibility index (Phi) is 2.08. The zero-order valence-corrected chi connectivity index (χ0v) is 7.06. The lowest BCUT2D eigenvalue weighted by atomic mass is 10.1. The lowest BCUT2D eigenvalue weighted by molar-refractivity contribution is 0.480. The molecule has 2 unspecified atom stereocenters. The molecule has 4 heteroatoms. The van der Waals surface area contributed by atoms with Crippen molar-refractivity contribution in [3.63, 3.8) is 0 Å². The summed E-state index contributed by atoms with van der Waals surface area (Å²) in [4.78, 5) is 0. The molecule has 0 aliphatic heterocycles. The van der Waals surface area contributed by atoms with Gasteiger partial charge in [0, 0.05) is 6.04 Å². The van der Waals surface area contributed by atoms with Crippen LogP contribution in [0.25, 0.3) is 0 Å². The first kappa shape index (κ1) is 7.73. The highest BCUT2D eigenvalue weighted by molar-refractivity contribution is 4.82. The summed E-state index contributed by atoms with van der Waals surface area (Å²) in [6.45, 7) is 0.818. The van der Waals surface area contributed by atoms with Gasteiger partial charge in [0.25, 0.3) is 0 Å². The molecule has 4 nitrogen and oxygen atoms in total. The average molecular weight is 166 g/mol. The fourth-order valence-electron chi connectivity index (χ4n) is 1.93. The topological polar surface area (TPSA) is 56.7 Å². The van der Waals surface area contributed by atoms with E-state index in [1.165, 1.54) is 19.3 Å². The van der Waals surface area contributed by atoms with Gasteiger partial charge < -0.3 is 10.3 Å². The van der Waals surface area contributed by atoms with Gasteiger partial charge in [-0.2, -0.15) is 0 Å². The molecule has 0 spiro atoms. The van der Waals surface area contributed by atoms with Crippen molar-refractivity contribution in [1.29, 1.82) is 0 Å². The molecule has 1 aromatic heterocycles. The number of hydrogen-bond donors (Lipinski definition) is 1. The molecule has 0 radical (unpaired) electrons. The lowest BCUT2D eigenvalue weighted by Crippen LogP contribution is -2.11. The molecule has 0 bridgehead atoms. The monoisotopic (exact) mass is 166 g/mol. The minimum atomic E-state index is 0.591. The van der Waals surface area contributed by atoms with Gasteiger partial charge in [-0.1, -0.05) is 0 Å². The van der Waals surface area contributed by atoms with E-state index in [9.17, 15) is 0 Å². The van der Waals surface area contributed by atoms with Gasteiger partial charge in [0.05, 0.1) is 0 Å². The molecule has 1 aliphatic carbocycles. The Morgan fingerprint density at radius 3 is 2.67 bits per heavy atom. The van der Waals surface area contributed by atoms with Crippen LogP contribution in [0.1, 0.15) is 25.3 Å². The van der Waals surface area contributed by atoms with Crippen LogP contribution in [0.2, 0.25) is 0 Å². The largest absolute Gasteiger partial charge is 0.330 e. The fourth-order valence-corrected chi connectivity index (χ4v) is 1.93. The molecular formula is C8H14N4. The first-order valence-electron chi connectivity index (χ1n) is 4.44. The Hall–Kier alpha value is -0.900. The predicted octanol–water partition coefficient (Wildman–Crippen LogP) is 0.578. The van der Waals surface area contributed by atoms with Gasteiger partial charge in [0.2, 0.25) is 0 Å². The van der Waals surface area contributed by atoms with E-state index in [0.29, 0.717) is 12.0 Å². The van der Waals surface area contributed by atoms with Crippen molar-refractivity contribution in [2.75, 3.05) is 6.54 Å². The van der Waals surface area contributed by atoms with E-state index in [4.69, 9.17) is 5.73 Å². The second kappa shape index (κ2) is 3.23. The fraction of sp³-hybridized carbons (Fsp3) is 0.750. The van der Waals surface area contributed by atoms with Crippen LogP contribution in [0.15, 0.2) is 12.7 Å². The van der Waals surface area contributed by atoms with Crippen LogP contribution >= 0.6 is 0 Å². The SMILES string of the molecule is NCC1CCC(n2cnnc2)C1. The van der Waals surface area contributed by atoms with Crippen molar-refractivity contribution >= 4 is 0 Å². The van der Waals surface area contributed by atoms with E-state index < -0.39 is 0 Å². The molecule has 1 saturated carbocycles. The number of aromatic nitrogens is 3. The average Bonchev–Trinajstić information content (AvgIpc) is 2.75. The highest BCUT2D eigenvalue weighted by Gasteiger charge is 2.24. The van der Waals surface area contributed by atoms with E-state index in [1.54, 1.807) is 12.7 Å². The van der Waals surface area contributed by atoms with Crippen molar-refractivity contribution in [2.45, 2.75) is 25.3 Å². The number of hydrogen-bond acceptors (Lipinski definition) is 3. The smallest absolute Gasteiger partial charge is 0.119 e. The number of nitrogens with two attached hydrogens (primary N) is 1. The highest BCUT2D eigenvalue weighted by Crippen LogP contribution is 2.33. The maximum atomic E-state index is 5.61. The van der Waals surface area contributed by atoms with Crippen LogP contribution < -0.4 is 5.73 Å². The van der Waals surface area contributed by atoms with E-state index in [0.717, 1.165) is 6.54 Å². The normalized spacial score (nSPS) is 29.4. The molecule has 2 N–H and O–H groups in total. The third kappa shape index (κ3) is 1.34. The van der Waals surface area contributed by atoms with Crippen LogP contribution in [0.3, 0.4) is 0 Å². The molecule has 1 aliphatic rings. The van der Waals surface area contributed by atoms with E-state index in [1.807, 2.05) is 0 Å². The summed E-state index contributed by atoms with van der Waals surface area (Å²) in [5.74, 6) is 0.706. The minimum Gasteiger partial charge on any atom is -0.330 e. The third-order valence-corrected chi connectivity index (χ3v) is 2.71. The van der Waals surface area contributed by atoms with Crippen molar-refractivity contribution in [3.05, 3.63) is 12.7 Å². The Bertz CT molecular complexity index is 231. The predicted molar refractivity (Wildman–Crippen MR) is 45.5 cm³/mol. The lowest BCUT2D eigenvalue weighted by Gasteiger charge is -2.09.